The minimum absolute atomic E-state index is 0.125. The van der Waals surface area contributed by atoms with Crippen LogP contribution in [0.25, 0.3) is 5.69 Å². The summed E-state index contributed by atoms with van der Waals surface area (Å²) in [6.07, 6.45) is 6.86. The largest absolute Gasteiger partial charge is 0.394 e. The molecule has 0 amide bonds. The predicted octanol–water partition coefficient (Wildman–Crippen LogP) is 1.44. The van der Waals surface area contributed by atoms with Crippen LogP contribution in [0.4, 0.5) is 0 Å². The molecular weight excluding hydrogens is 278 g/mol. The molecule has 1 aromatic heterocycles. The van der Waals surface area contributed by atoms with Crippen molar-refractivity contribution in [1.82, 2.24) is 14.5 Å². The minimum Gasteiger partial charge on any atom is -0.394 e. The first-order valence-electron chi connectivity index (χ1n) is 7.85. The molecule has 22 heavy (non-hydrogen) atoms. The van der Waals surface area contributed by atoms with E-state index in [0.29, 0.717) is 0 Å². The average Bonchev–Trinajstić information content (AvgIpc) is 3.10. The Morgan fingerprint density at radius 3 is 2.50 bits per heavy atom. The summed E-state index contributed by atoms with van der Waals surface area (Å²) in [4.78, 5) is 6.47. The van der Waals surface area contributed by atoms with E-state index in [1.807, 2.05) is 10.8 Å². The van der Waals surface area contributed by atoms with E-state index in [2.05, 4.69) is 34.1 Å². The molecule has 5 nitrogen and oxygen atoms in total. The topological polar surface area (TPSA) is 61.5 Å². The van der Waals surface area contributed by atoms with Gasteiger partial charge < -0.3 is 14.8 Å². The SMILES string of the molecule is OCC(O)C1CCN(Cc2ccc(-n3ccnc3)cc2)CC1. The van der Waals surface area contributed by atoms with E-state index in [0.717, 1.165) is 38.2 Å². The third-order valence-corrected chi connectivity index (χ3v) is 4.51. The van der Waals surface area contributed by atoms with Crippen LogP contribution in [-0.2, 0) is 6.54 Å². The second-order valence-corrected chi connectivity index (χ2v) is 6.00. The van der Waals surface area contributed by atoms with Gasteiger partial charge in [0.2, 0.25) is 0 Å². The molecule has 5 heteroatoms. The van der Waals surface area contributed by atoms with Crippen LogP contribution >= 0.6 is 0 Å². The Hall–Kier alpha value is -1.69. The van der Waals surface area contributed by atoms with E-state index in [1.54, 1.807) is 12.5 Å². The molecule has 0 bridgehead atoms. The fourth-order valence-corrected chi connectivity index (χ4v) is 3.09. The first-order valence-corrected chi connectivity index (χ1v) is 7.85. The Kier molecular flexibility index (Phi) is 4.87. The molecule has 1 fully saturated rings. The van der Waals surface area contributed by atoms with Crippen LogP contribution < -0.4 is 0 Å². The molecule has 2 aromatic rings. The Balaban J connectivity index is 1.54. The molecule has 0 saturated carbocycles. The van der Waals surface area contributed by atoms with Gasteiger partial charge in [0.1, 0.15) is 0 Å². The van der Waals surface area contributed by atoms with E-state index in [9.17, 15) is 5.11 Å². The van der Waals surface area contributed by atoms with Crippen molar-refractivity contribution >= 4 is 0 Å². The standard InChI is InChI=1S/C17H23N3O2/c21-12-17(22)15-5-8-19(9-6-15)11-14-1-3-16(4-2-14)20-10-7-18-13-20/h1-4,7,10,13,15,17,21-22H,5-6,8-9,11-12H2. The summed E-state index contributed by atoms with van der Waals surface area (Å²) in [5, 5.41) is 18.7. The maximum atomic E-state index is 9.70. The lowest BCUT2D eigenvalue weighted by Crippen LogP contribution is -2.38. The van der Waals surface area contributed by atoms with Crippen LogP contribution in [0.2, 0.25) is 0 Å². The summed E-state index contributed by atoms with van der Waals surface area (Å²) < 4.78 is 1.99. The molecule has 1 aromatic carbocycles. The van der Waals surface area contributed by atoms with Crippen molar-refractivity contribution in [3.05, 3.63) is 48.5 Å². The fraction of sp³-hybridized carbons (Fsp3) is 0.471. The highest BCUT2D eigenvalue weighted by atomic mass is 16.3. The van der Waals surface area contributed by atoms with Gasteiger partial charge in [-0.2, -0.15) is 0 Å². The van der Waals surface area contributed by atoms with Crippen LogP contribution in [0.1, 0.15) is 18.4 Å². The van der Waals surface area contributed by atoms with E-state index in [1.165, 1.54) is 5.56 Å². The highest BCUT2D eigenvalue weighted by Gasteiger charge is 2.24. The number of aromatic nitrogens is 2. The summed E-state index contributed by atoms with van der Waals surface area (Å²) in [5.41, 5.74) is 2.41. The zero-order valence-electron chi connectivity index (χ0n) is 12.7. The van der Waals surface area contributed by atoms with Gasteiger partial charge in [0.15, 0.2) is 0 Å². The van der Waals surface area contributed by atoms with Gasteiger partial charge in [-0.15, -0.1) is 0 Å². The highest BCUT2D eigenvalue weighted by Crippen LogP contribution is 2.22. The fourth-order valence-electron chi connectivity index (χ4n) is 3.09. The summed E-state index contributed by atoms with van der Waals surface area (Å²) in [5.74, 6) is 0.241. The zero-order chi connectivity index (χ0) is 15.4. The van der Waals surface area contributed by atoms with Gasteiger partial charge in [-0.1, -0.05) is 12.1 Å². The van der Waals surface area contributed by atoms with Crippen molar-refractivity contribution in [2.24, 2.45) is 5.92 Å². The van der Waals surface area contributed by atoms with Crippen LogP contribution in [0.5, 0.6) is 0 Å². The molecule has 0 spiro atoms. The van der Waals surface area contributed by atoms with Gasteiger partial charge in [-0.25, -0.2) is 4.98 Å². The quantitative estimate of drug-likeness (QED) is 0.877. The number of aliphatic hydroxyl groups is 2. The molecular formula is C17H23N3O2. The number of piperidine rings is 1. The average molecular weight is 301 g/mol. The van der Waals surface area contributed by atoms with Gasteiger partial charge in [0.05, 0.1) is 19.0 Å². The molecule has 1 aliphatic rings. The Labute approximate surface area is 130 Å². The summed E-state index contributed by atoms with van der Waals surface area (Å²) in [6.45, 7) is 2.77. The van der Waals surface area contributed by atoms with Crippen LogP contribution in [0.15, 0.2) is 43.0 Å². The van der Waals surface area contributed by atoms with Gasteiger partial charge in [-0.3, -0.25) is 4.90 Å². The monoisotopic (exact) mass is 301 g/mol. The van der Waals surface area contributed by atoms with Gasteiger partial charge in [0.25, 0.3) is 0 Å². The maximum Gasteiger partial charge on any atom is 0.0991 e. The van der Waals surface area contributed by atoms with E-state index < -0.39 is 6.10 Å². The van der Waals surface area contributed by atoms with Crippen LogP contribution in [0.3, 0.4) is 0 Å². The lowest BCUT2D eigenvalue weighted by Gasteiger charge is -2.33. The minimum atomic E-state index is -0.559. The maximum absolute atomic E-state index is 9.70. The van der Waals surface area contributed by atoms with Crippen molar-refractivity contribution in [3.8, 4) is 5.69 Å². The number of likely N-dealkylation sites (tertiary alicyclic amines) is 1. The van der Waals surface area contributed by atoms with Crippen molar-refractivity contribution in [3.63, 3.8) is 0 Å². The molecule has 2 heterocycles. The summed E-state index contributed by atoms with van der Waals surface area (Å²) >= 11 is 0. The number of rotatable bonds is 5. The molecule has 1 atom stereocenters. The van der Waals surface area contributed by atoms with Crippen LogP contribution in [-0.4, -0.2) is 50.5 Å². The summed E-state index contributed by atoms with van der Waals surface area (Å²) in [6, 6.07) is 8.53. The second-order valence-electron chi connectivity index (χ2n) is 6.00. The molecule has 3 rings (SSSR count). The Morgan fingerprint density at radius 2 is 1.91 bits per heavy atom. The number of nitrogens with zero attached hydrogens (tertiary/aromatic N) is 3. The number of hydrogen-bond acceptors (Lipinski definition) is 4. The van der Waals surface area contributed by atoms with Crippen molar-refractivity contribution in [2.75, 3.05) is 19.7 Å². The van der Waals surface area contributed by atoms with Gasteiger partial charge >= 0.3 is 0 Å². The van der Waals surface area contributed by atoms with Crippen molar-refractivity contribution in [2.45, 2.75) is 25.5 Å². The van der Waals surface area contributed by atoms with Gasteiger partial charge in [0, 0.05) is 24.6 Å². The number of aliphatic hydroxyl groups excluding tert-OH is 2. The molecule has 1 unspecified atom stereocenters. The first kappa shape index (κ1) is 15.2. The lowest BCUT2D eigenvalue weighted by molar-refractivity contribution is 0.0172. The highest BCUT2D eigenvalue weighted by molar-refractivity contribution is 5.34. The normalized spacial score (nSPS) is 18.5. The van der Waals surface area contributed by atoms with Gasteiger partial charge in [-0.05, 0) is 49.5 Å². The van der Waals surface area contributed by atoms with Crippen molar-refractivity contribution in [1.29, 1.82) is 0 Å². The molecule has 118 valence electrons. The van der Waals surface area contributed by atoms with E-state index in [4.69, 9.17) is 5.11 Å². The smallest absolute Gasteiger partial charge is 0.0991 e. The molecule has 1 saturated heterocycles. The van der Waals surface area contributed by atoms with Crippen LogP contribution in [0, 0.1) is 5.92 Å². The van der Waals surface area contributed by atoms with E-state index in [-0.39, 0.29) is 12.5 Å². The second kappa shape index (κ2) is 7.05. The predicted molar refractivity (Wildman–Crippen MR) is 84.7 cm³/mol. The lowest BCUT2D eigenvalue weighted by atomic mass is 9.91. The third-order valence-electron chi connectivity index (χ3n) is 4.51. The Morgan fingerprint density at radius 1 is 1.18 bits per heavy atom. The Bertz CT molecular complexity index is 560. The molecule has 0 radical (unpaired) electrons. The van der Waals surface area contributed by atoms with Crippen molar-refractivity contribution < 1.29 is 10.2 Å². The zero-order valence-corrected chi connectivity index (χ0v) is 12.7. The first-order chi connectivity index (χ1) is 10.8. The summed E-state index contributed by atoms with van der Waals surface area (Å²) in [7, 11) is 0. The number of benzene rings is 1. The number of hydrogen-bond donors (Lipinski definition) is 2. The number of imidazole rings is 1. The molecule has 1 aliphatic heterocycles. The van der Waals surface area contributed by atoms with E-state index >= 15 is 0 Å². The third kappa shape index (κ3) is 3.55. The molecule has 0 aliphatic carbocycles. The molecule has 2 N–H and O–H groups in total.